The number of imide groups is 1. The van der Waals surface area contributed by atoms with E-state index in [0.29, 0.717) is 22.4 Å². The van der Waals surface area contributed by atoms with E-state index in [-0.39, 0.29) is 27.8 Å². The van der Waals surface area contributed by atoms with Crippen molar-refractivity contribution >= 4 is 44.9 Å². The van der Waals surface area contributed by atoms with E-state index in [1.54, 1.807) is 26.0 Å². The maximum Gasteiger partial charge on any atom is 0.293 e. The minimum Gasteiger partial charge on any atom is -0.504 e. The average Bonchev–Trinajstić information content (AvgIpc) is 2.70. The van der Waals surface area contributed by atoms with E-state index in [1.165, 1.54) is 11.0 Å². The molecule has 0 spiro atoms. The van der Waals surface area contributed by atoms with E-state index in [9.17, 15) is 14.7 Å². The highest BCUT2D eigenvalue weighted by molar-refractivity contribution is 9.10. The number of amides is 2. The largest absolute Gasteiger partial charge is 0.504 e. The number of thioether (sulfide) groups is 1. The predicted octanol–water partition coefficient (Wildman–Crippen LogP) is 4.00. The van der Waals surface area contributed by atoms with Crippen molar-refractivity contribution in [3.63, 3.8) is 0 Å². The molecule has 2 rings (SSSR count). The van der Waals surface area contributed by atoms with E-state index >= 15 is 0 Å². The van der Waals surface area contributed by atoms with E-state index in [0.717, 1.165) is 11.8 Å². The molecule has 0 bridgehead atoms. The molecule has 1 fully saturated rings. The molecule has 2 amide bonds. The molecule has 1 aliphatic rings. The van der Waals surface area contributed by atoms with Gasteiger partial charge in [-0.1, -0.05) is 15.9 Å². The van der Waals surface area contributed by atoms with Gasteiger partial charge in [-0.3, -0.25) is 14.5 Å². The van der Waals surface area contributed by atoms with Crippen LogP contribution >= 0.6 is 27.7 Å². The van der Waals surface area contributed by atoms with Crippen LogP contribution in [0.2, 0.25) is 0 Å². The van der Waals surface area contributed by atoms with Crippen molar-refractivity contribution in [3.05, 3.63) is 27.1 Å². The first-order valence-corrected chi connectivity index (χ1v) is 8.38. The van der Waals surface area contributed by atoms with Gasteiger partial charge in [-0.05, 0) is 50.7 Å². The van der Waals surface area contributed by atoms with Gasteiger partial charge in [-0.15, -0.1) is 0 Å². The zero-order valence-electron chi connectivity index (χ0n) is 12.4. The van der Waals surface area contributed by atoms with Crippen LogP contribution in [0.4, 0.5) is 4.79 Å². The third kappa shape index (κ3) is 3.30. The lowest BCUT2D eigenvalue weighted by atomic mass is 10.1. The SMILES string of the molecule is CCOc1cc(Br)cc(/C=C2/SC(=O)N(C(C)C)C2=O)c1O. The summed E-state index contributed by atoms with van der Waals surface area (Å²) >= 11 is 4.21. The van der Waals surface area contributed by atoms with Crippen molar-refractivity contribution in [2.75, 3.05) is 6.61 Å². The summed E-state index contributed by atoms with van der Waals surface area (Å²) in [5.41, 5.74) is 0.423. The van der Waals surface area contributed by atoms with E-state index in [4.69, 9.17) is 4.74 Å². The Morgan fingerprint density at radius 1 is 1.41 bits per heavy atom. The number of hydrogen-bond donors (Lipinski definition) is 1. The number of ether oxygens (including phenoxy) is 1. The van der Waals surface area contributed by atoms with Gasteiger partial charge in [-0.2, -0.15) is 0 Å². The Balaban J connectivity index is 2.42. The van der Waals surface area contributed by atoms with Gasteiger partial charge in [0.2, 0.25) is 0 Å². The summed E-state index contributed by atoms with van der Waals surface area (Å²) in [5.74, 6) is -0.0741. The summed E-state index contributed by atoms with van der Waals surface area (Å²) in [7, 11) is 0. The van der Waals surface area contributed by atoms with Crippen LogP contribution in [0.1, 0.15) is 26.3 Å². The first-order chi connectivity index (χ1) is 10.3. The van der Waals surface area contributed by atoms with Gasteiger partial charge in [0.15, 0.2) is 11.5 Å². The molecular formula is C15H16BrNO4S. The van der Waals surface area contributed by atoms with Crippen LogP contribution in [-0.2, 0) is 4.79 Å². The van der Waals surface area contributed by atoms with Crippen molar-refractivity contribution in [3.8, 4) is 11.5 Å². The summed E-state index contributed by atoms with van der Waals surface area (Å²) in [6, 6.07) is 3.12. The summed E-state index contributed by atoms with van der Waals surface area (Å²) in [4.78, 5) is 25.6. The topological polar surface area (TPSA) is 66.8 Å². The Bertz CT molecular complexity index is 657. The molecule has 0 unspecified atom stereocenters. The molecule has 22 heavy (non-hydrogen) atoms. The second-order valence-electron chi connectivity index (χ2n) is 4.92. The van der Waals surface area contributed by atoms with Crippen LogP contribution in [0.3, 0.4) is 0 Å². The number of nitrogens with zero attached hydrogens (tertiary/aromatic N) is 1. The monoisotopic (exact) mass is 385 g/mol. The fraction of sp³-hybridized carbons (Fsp3) is 0.333. The van der Waals surface area contributed by atoms with Gasteiger partial charge in [0.25, 0.3) is 11.1 Å². The van der Waals surface area contributed by atoms with Crippen molar-refractivity contribution < 1.29 is 19.4 Å². The minimum atomic E-state index is -0.345. The minimum absolute atomic E-state index is 0.0543. The van der Waals surface area contributed by atoms with Crippen molar-refractivity contribution in [2.24, 2.45) is 0 Å². The molecular weight excluding hydrogens is 370 g/mol. The predicted molar refractivity (Wildman–Crippen MR) is 89.9 cm³/mol. The summed E-state index contributed by atoms with van der Waals surface area (Å²) in [6.45, 7) is 5.79. The quantitative estimate of drug-likeness (QED) is 0.793. The molecule has 1 aromatic rings. The zero-order valence-corrected chi connectivity index (χ0v) is 14.8. The smallest absolute Gasteiger partial charge is 0.293 e. The highest BCUT2D eigenvalue weighted by atomic mass is 79.9. The van der Waals surface area contributed by atoms with Crippen molar-refractivity contribution in [2.45, 2.75) is 26.8 Å². The number of hydrogen-bond acceptors (Lipinski definition) is 5. The number of aromatic hydroxyl groups is 1. The number of rotatable bonds is 4. The van der Waals surface area contributed by atoms with Crippen molar-refractivity contribution in [1.82, 2.24) is 4.90 Å². The Labute approximate surface area is 141 Å². The highest BCUT2D eigenvalue weighted by Crippen LogP contribution is 2.39. The Morgan fingerprint density at radius 2 is 2.09 bits per heavy atom. The Kier molecular flexibility index (Phi) is 5.18. The fourth-order valence-electron chi connectivity index (χ4n) is 2.04. The van der Waals surface area contributed by atoms with Crippen LogP contribution in [0.15, 0.2) is 21.5 Å². The molecule has 1 heterocycles. The average molecular weight is 386 g/mol. The van der Waals surface area contributed by atoms with Crippen LogP contribution < -0.4 is 4.74 Å². The second kappa shape index (κ2) is 6.75. The van der Waals surface area contributed by atoms with Crippen LogP contribution in [-0.4, -0.2) is 33.8 Å². The Hall–Kier alpha value is -1.47. The van der Waals surface area contributed by atoms with Gasteiger partial charge in [0.1, 0.15) is 0 Å². The van der Waals surface area contributed by atoms with Gasteiger partial charge in [0, 0.05) is 16.1 Å². The fourth-order valence-corrected chi connectivity index (χ4v) is 3.44. The van der Waals surface area contributed by atoms with Gasteiger partial charge >= 0.3 is 0 Å². The van der Waals surface area contributed by atoms with Gasteiger partial charge < -0.3 is 9.84 Å². The molecule has 5 nitrogen and oxygen atoms in total. The third-order valence-corrected chi connectivity index (χ3v) is 4.34. The van der Waals surface area contributed by atoms with Crippen LogP contribution in [0.5, 0.6) is 11.5 Å². The maximum atomic E-state index is 12.3. The van der Waals surface area contributed by atoms with Gasteiger partial charge in [-0.25, -0.2) is 0 Å². The number of benzene rings is 1. The standard InChI is InChI=1S/C15H16BrNO4S/c1-4-21-11-7-10(16)5-9(13(11)18)6-12-14(19)17(8(2)3)15(20)22-12/h5-8,18H,4H2,1-3H3/b12-6+. The number of carbonyl (C=O) groups is 2. The van der Waals surface area contributed by atoms with E-state index in [2.05, 4.69) is 15.9 Å². The molecule has 1 saturated heterocycles. The molecule has 0 radical (unpaired) electrons. The van der Waals surface area contributed by atoms with E-state index in [1.807, 2.05) is 6.92 Å². The van der Waals surface area contributed by atoms with E-state index < -0.39 is 0 Å². The number of phenolic OH excluding ortho intramolecular Hbond substituents is 1. The molecule has 0 aliphatic carbocycles. The maximum absolute atomic E-state index is 12.3. The molecule has 118 valence electrons. The molecule has 0 atom stereocenters. The zero-order chi connectivity index (χ0) is 16.4. The molecule has 0 aromatic heterocycles. The van der Waals surface area contributed by atoms with Gasteiger partial charge in [0.05, 0.1) is 11.5 Å². The lowest BCUT2D eigenvalue weighted by Gasteiger charge is -2.16. The molecule has 0 saturated carbocycles. The molecule has 1 aliphatic heterocycles. The molecule has 1 N–H and O–H groups in total. The Morgan fingerprint density at radius 3 is 2.64 bits per heavy atom. The first-order valence-electron chi connectivity index (χ1n) is 6.77. The van der Waals surface area contributed by atoms with Crippen LogP contribution in [0, 0.1) is 0 Å². The van der Waals surface area contributed by atoms with Crippen LogP contribution in [0.25, 0.3) is 6.08 Å². The second-order valence-corrected chi connectivity index (χ2v) is 6.83. The number of halogens is 1. The first kappa shape index (κ1) is 16.9. The normalized spacial score (nSPS) is 17.0. The third-order valence-electron chi connectivity index (χ3n) is 3.00. The molecule has 7 heteroatoms. The summed E-state index contributed by atoms with van der Waals surface area (Å²) in [5, 5.41) is 9.92. The summed E-state index contributed by atoms with van der Waals surface area (Å²) in [6.07, 6.45) is 1.51. The lowest BCUT2D eigenvalue weighted by molar-refractivity contribution is -0.123. The summed E-state index contributed by atoms with van der Waals surface area (Å²) < 4.78 is 6.06. The van der Waals surface area contributed by atoms with Crippen molar-refractivity contribution in [1.29, 1.82) is 0 Å². The lowest BCUT2D eigenvalue weighted by Crippen LogP contribution is -2.34. The number of carbonyl (C=O) groups excluding carboxylic acids is 2. The molecule has 1 aromatic carbocycles. The highest BCUT2D eigenvalue weighted by Gasteiger charge is 2.36. The number of phenols is 1.